The van der Waals surface area contributed by atoms with E-state index in [1.807, 2.05) is 0 Å². The molecule has 0 aromatic carbocycles. The first-order valence-electron chi connectivity index (χ1n) is 5.59. The maximum absolute atomic E-state index is 10.9. The fraction of sp³-hybridized carbons (Fsp3) is 0.0769. The molecule has 0 aliphatic carbocycles. The molecule has 0 spiro atoms. The highest BCUT2D eigenvalue weighted by atomic mass is 35.5. The van der Waals surface area contributed by atoms with Crippen LogP contribution < -0.4 is 5.32 Å². The SMILES string of the molecule is CNC(=O)c1ccc(Cl)nc1.O=C(Cl)c1ccc(Cl)nc1. The van der Waals surface area contributed by atoms with E-state index in [1.165, 1.54) is 24.5 Å². The largest absolute Gasteiger partial charge is 0.355 e. The lowest BCUT2D eigenvalue weighted by Gasteiger charge is -1.96. The summed E-state index contributed by atoms with van der Waals surface area (Å²) in [6, 6.07) is 6.22. The van der Waals surface area contributed by atoms with Crippen LogP contribution in [0.5, 0.6) is 0 Å². The second kappa shape index (κ2) is 8.56. The molecular formula is C13H10Cl3N3O2. The van der Waals surface area contributed by atoms with Crippen LogP contribution in [-0.2, 0) is 0 Å². The van der Waals surface area contributed by atoms with Crippen molar-refractivity contribution in [2.24, 2.45) is 0 Å². The van der Waals surface area contributed by atoms with Gasteiger partial charge in [-0.2, -0.15) is 0 Å². The summed E-state index contributed by atoms with van der Waals surface area (Å²) in [5, 5.41) is 2.69. The number of aromatic nitrogens is 2. The highest BCUT2D eigenvalue weighted by Crippen LogP contribution is 2.07. The Labute approximate surface area is 136 Å². The molecule has 5 nitrogen and oxygen atoms in total. The Balaban J connectivity index is 0.000000211. The number of nitrogens with one attached hydrogen (secondary N) is 1. The molecule has 2 heterocycles. The maximum Gasteiger partial charge on any atom is 0.253 e. The highest BCUT2D eigenvalue weighted by Gasteiger charge is 2.01. The summed E-state index contributed by atoms with van der Waals surface area (Å²) in [5.74, 6) is -0.158. The van der Waals surface area contributed by atoms with Crippen molar-refractivity contribution in [2.45, 2.75) is 0 Å². The van der Waals surface area contributed by atoms with Crippen LogP contribution in [0.1, 0.15) is 20.7 Å². The standard InChI is InChI=1S/C7H7ClN2O.C6H3Cl2NO/c1-9-7(11)5-2-3-6(8)10-4-5;7-5-2-1-4(3-9-5)6(8)10/h2-4H,1H3,(H,9,11);1-3H. The third-order valence-electron chi connectivity index (χ3n) is 2.17. The van der Waals surface area contributed by atoms with Gasteiger partial charge in [0.15, 0.2) is 0 Å². The van der Waals surface area contributed by atoms with Crippen LogP contribution in [0.4, 0.5) is 0 Å². The minimum Gasteiger partial charge on any atom is -0.355 e. The fourth-order valence-electron chi connectivity index (χ4n) is 1.15. The Hall–Kier alpha value is -1.69. The second-order valence-corrected chi connectivity index (χ2v) is 4.71. The van der Waals surface area contributed by atoms with E-state index in [1.54, 1.807) is 19.2 Å². The van der Waals surface area contributed by atoms with Gasteiger partial charge in [0.2, 0.25) is 0 Å². The van der Waals surface area contributed by atoms with Crippen molar-refractivity contribution in [1.29, 1.82) is 0 Å². The lowest BCUT2D eigenvalue weighted by atomic mass is 10.3. The average Bonchev–Trinajstić information content (AvgIpc) is 2.48. The van der Waals surface area contributed by atoms with E-state index >= 15 is 0 Å². The van der Waals surface area contributed by atoms with E-state index in [0.29, 0.717) is 21.4 Å². The summed E-state index contributed by atoms with van der Waals surface area (Å²) < 4.78 is 0. The fourth-order valence-corrected chi connectivity index (χ4v) is 1.48. The van der Waals surface area contributed by atoms with Crippen LogP contribution in [0.3, 0.4) is 0 Å². The third-order valence-corrected chi connectivity index (χ3v) is 2.84. The molecule has 8 heteroatoms. The molecule has 0 saturated heterocycles. The van der Waals surface area contributed by atoms with Crippen LogP contribution in [0, 0.1) is 0 Å². The average molecular weight is 347 g/mol. The number of hydrogen-bond acceptors (Lipinski definition) is 4. The van der Waals surface area contributed by atoms with Crippen molar-refractivity contribution in [1.82, 2.24) is 15.3 Å². The quantitative estimate of drug-likeness (QED) is 0.669. The van der Waals surface area contributed by atoms with Gasteiger partial charge >= 0.3 is 0 Å². The van der Waals surface area contributed by atoms with Crippen molar-refractivity contribution >= 4 is 46.0 Å². The van der Waals surface area contributed by atoms with Crippen LogP contribution in [0.15, 0.2) is 36.7 Å². The number of halogens is 3. The predicted octanol–water partition coefficient (Wildman–Crippen LogP) is 3.21. The zero-order valence-corrected chi connectivity index (χ0v) is 13.1. The van der Waals surface area contributed by atoms with Gasteiger partial charge in [-0.25, -0.2) is 9.97 Å². The molecule has 21 heavy (non-hydrogen) atoms. The summed E-state index contributed by atoms with van der Waals surface area (Å²) in [4.78, 5) is 28.8. The number of pyridine rings is 2. The molecular weight excluding hydrogens is 337 g/mol. The maximum atomic E-state index is 10.9. The molecule has 2 aromatic heterocycles. The van der Waals surface area contributed by atoms with Crippen molar-refractivity contribution in [3.8, 4) is 0 Å². The van der Waals surface area contributed by atoms with Gasteiger partial charge in [0, 0.05) is 19.4 Å². The molecule has 0 aliphatic rings. The van der Waals surface area contributed by atoms with Crippen molar-refractivity contribution in [3.05, 3.63) is 58.1 Å². The van der Waals surface area contributed by atoms with Crippen LogP contribution in [0.2, 0.25) is 10.3 Å². The summed E-state index contributed by atoms with van der Waals surface area (Å²) in [5.41, 5.74) is 0.864. The van der Waals surface area contributed by atoms with E-state index in [9.17, 15) is 9.59 Å². The van der Waals surface area contributed by atoms with Crippen molar-refractivity contribution in [3.63, 3.8) is 0 Å². The number of rotatable bonds is 2. The number of carbonyl (C=O) groups is 2. The zero-order chi connectivity index (χ0) is 15.8. The van der Waals surface area contributed by atoms with Gasteiger partial charge in [0.25, 0.3) is 11.1 Å². The summed E-state index contributed by atoms with van der Waals surface area (Å²) in [6.45, 7) is 0. The van der Waals surface area contributed by atoms with Gasteiger partial charge in [-0.1, -0.05) is 23.2 Å². The molecule has 110 valence electrons. The zero-order valence-electron chi connectivity index (χ0n) is 10.8. The number of hydrogen-bond donors (Lipinski definition) is 1. The molecule has 2 aromatic rings. The Morgan fingerprint density at radius 2 is 1.43 bits per heavy atom. The monoisotopic (exact) mass is 345 g/mol. The second-order valence-electron chi connectivity index (χ2n) is 3.59. The van der Waals surface area contributed by atoms with E-state index < -0.39 is 5.24 Å². The van der Waals surface area contributed by atoms with Crippen LogP contribution >= 0.6 is 34.8 Å². The molecule has 0 unspecified atom stereocenters. The van der Waals surface area contributed by atoms with E-state index in [4.69, 9.17) is 34.8 Å². The van der Waals surface area contributed by atoms with Crippen LogP contribution in [-0.4, -0.2) is 28.2 Å². The van der Waals surface area contributed by atoms with E-state index in [0.717, 1.165) is 0 Å². The van der Waals surface area contributed by atoms with E-state index in [-0.39, 0.29) is 5.91 Å². The van der Waals surface area contributed by atoms with Gasteiger partial charge in [0.1, 0.15) is 10.3 Å². The minimum atomic E-state index is -0.524. The first-order valence-corrected chi connectivity index (χ1v) is 6.72. The summed E-state index contributed by atoms with van der Waals surface area (Å²) in [7, 11) is 1.57. The van der Waals surface area contributed by atoms with Gasteiger partial charge in [-0.05, 0) is 35.9 Å². The van der Waals surface area contributed by atoms with Crippen LogP contribution in [0.25, 0.3) is 0 Å². The molecule has 0 aliphatic heterocycles. The summed E-state index contributed by atoms with van der Waals surface area (Å²) >= 11 is 16.1. The van der Waals surface area contributed by atoms with Gasteiger partial charge in [-0.3, -0.25) is 9.59 Å². The molecule has 0 bridgehead atoms. The van der Waals surface area contributed by atoms with E-state index in [2.05, 4.69) is 15.3 Å². The van der Waals surface area contributed by atoms with Crippen molar-refractivity contribution in [2.75, 3.05) is 7.05 Å². The molecule has 2 rings (SSSR count). The molecule has 1 N–H and O–H groups in total. The first-order chi connectivity index (χ1) is 9.93. The lowest BCUT2D eigenvalue weighted by molar-refractivity contribution is 0.0962. The number of nitrogens with zero attached hydrogens (tertiary/aromatic N) is 2. The normalized spacial score (nSPS) is 9.33. The van der Waals surface area contributed by atoms with Crippen molar-refractivity contribution < 1.29 is 9.59 Å². The third kappa shape index (κ3) is 6.08. The molecule has 1 amide bonds. The summed E-state index contributed by atoms with van der Waals surface area (Å²) in [6.07, 6.45) is 2.76. The molecule has 0 saturated carbocycles. The van der Waals surface area contributed by atoms with Gasteiger partial charge in [0.05, 0.1) is 11.1 Å². The Kier molecular flexibility index (Phi) is 7.08. The molecule has 0 radical (unpaired) electrons. The predicted molar refractivity (Wildman–Crippen MR) is 82.1 cm³/mol. The molecule has 0 fully saturated rings. The van der Waals surface area contributed by atoms with Gasteiger partial charge in [-0.15, -0.1) is 0 Å². The smallest absolute Gasteiger partial charge is 0.253 e. The number of amides is 1. The minimum absolute atomic E-state index is 0.158. The Morgan fingerprint density at radius 1 is 0.952 bits per heavy atom. The Morgan fingerprint density at radius 3 is 1.76 bits per heavy atom. The number of carbonyl (C=O) groups excluding carboxylic acids is 2. The highest BCUT2D eigenvalue weighted by molar-refractivity contribution is 6.67. The topological polar surface area (TPSA) is 72.0 Å². The first kappa shape index (κ1) is 17.4. The van der Waals surface area contributed by atoms with Gasteiger partial charge < -0.3 is 5.32 Å². The molecule has 0 atom stereocenters. The Bertz CT molecular complexity index is 616. The lowest BCUT2D eigenvalue weighted by Crippen LogP contribution is -2.17.